The van der Waals surface area contributed by atoms with Gasteiger partial charge in [-0.15, -0.1) is 0 Å². The highest BCUT2D eigenvalue weighted by molar-refractivity contribution is 5.90. The Kier molecular flexibility index (Phi) is 6.51. The van der Waals surface area contributed by atoms with Crippen LogP contribution in [-0.4, -0.2) is 41.2 Å². The molecule has 0 saturated carbocycles. The van der Waals surface area contributed by atoms with Gasteiger partial charge in [0.1, 0.15) is 5.75 Å². The maximum atomic E-state index is 12.6. The molecular weight excluding hydrogens is 338 g/mol. The number of non-ortho nitro benzene ring substituents is 1. The molecule has 8 nitrogen and oxygen atoms in total. The maximum absolute atomic E-state index is 12.6. The minimum Gasteiger partial charge on any atom is -0.496 e. The monoisotopic (exact) mass is 359 g/mol. The summed E-state index contributed by atoms with van der Waals surface area (Å²) in [4.78, 5) is 24.5. The van der Waals surface area contributed by atoms with Crippen LogP contribution in [-0.2, 0) is 6.54 Å². The number of benzene rings is 2. The number of nitrogens with zero attached hydrogens (tertiary/aromatic N) is 2. The minimum absolute atomic E-state index is 0.107. The molecule has 2 rings (SSSR count). The Morgan fingerprint density at radius 2 is 2.04 bits per heavy atom. The van der Waals surface area contributed by atoms with E-state index in [0.717, 1.165) is 5.56 Å². The maximum Gasteiger partial charge on any atom is 0.322 e. The Morgan fingerprint density at radius 1 is 1.31 bits per heavy atom. The first-order valence-electron chi connectivity index (χ1n) is 8.00. The SMILES string of the molecule is COc1ccccc1CN(CCO)C(=O)Nc1cc([N+](=O)[O-])ccc1C. The Hall–Kier alpha value is -3.13. The molecule has 0 unspecified atom stereocenters. The largest absolute Gasteiger partial charge is 0.496 e. The number of carbonyl (C=O) groups is 1. The average molecular weight is 359 g/mol. The second kappa shape index (κ2) is 8.82. The normalized spacial score (nSPS) is 10.3. The van der Waals surface area contributed by atoms with Gasteiger partial charge in [0, 0.05) is 24.2 Å². The first kappa shape index (κ1) is 19.2. The van der Waals surface area contributed by atoms with Crippen LogP contribution in [0.15, 0.2) is 42.5 Å². The minimum atomic E-state index is -0.518. The van der Waals surface area contributed by atoms with Gasteiger partial charge in [-0.2, -0.15) is 0 Å². The van der Waals surface area contributed by atoms with E-state index in [1.54, 1.807) is 26.2 Å². The Bertz CT molecular complexity index is 794. The molecule has 0 heterocycles. The topological polar surface area (TPSA) is 105 Å². The molecule has 8 heteroatoms. The number of anilines is 1. The number of rotatable bonds is 7. The third kappa shape index (κ3) is 4.70. The van der Waals surface area contributed by atoms with Crippen molar-refractivity contribution >= 4 is 17.4 Å². The molecular formula is C18H21N3O5. The summed E-state index contributed by atoms with van der Waals surface area (Å²) in [6, 6.07) is 11.1. The predicted octanol–water partition coefficient (Wildman–Crippen LogP) is 2.94. The summed E-state index contributed by atoms with van der Waals surface area (Å²) >= 11 is 0. The van der Waals surface area contributed by atoms with E-state index in [2.05, 4.69) is 5.32 Å². The number of nitro benzene ring substituents is 1. The van der Waals surface area contributed by atoms with Crippen molar-refractivity contribution < 1.29 is 19.6 Å². The molecule has 26 heavy (non-hydrogen) atoms. The molecule has 2 N–H and O–H groups in total. The second-order valence-electron chi connectivity index (χ2n) is 5.64. The first-order chi connectivity index (χ1) is 12.5. The van der Waals surface area contributed by atoms with Crippen LogP contribution in [0.4, 0.5) is 16.2 Å². The molecule has 0 saturated heterocycles. The molecule has 2 aromatic rings. The molecule has 2 aromatic carbocycles. The van der Waals surface area contributed by atoms with Gasteiger partial charge < -0.3 is 20.1 Å². The van der Waals surface area contributed by atoms with Crippen LogP contribution in [0.2, 0.25) is 0 Å². The van der Waals surface area contributed by atoms with Crippen LogP contribution < -0.4 is 10.1 Å². The number of nitrogens with one attached hydrogen (secondary N) is 1. The highest BCUT2D eigenvalue weighted by atomic mass is 16.6. The molecule has 138 valence electrons. The predicted molar refractivity (Wildman–Crippen MR) is 97.3 cm³/mol. The molecule has 0 aliphatic carbocycles. The smallest absolute Gasteiger partial charge is 0.322 e. The van der Waals surface area contributed by atoms with Crippen molar-refractivity contribution in [1.29, 1.82) is 0 Å². The first-order valence-corrected chi connectivity index (χ1v) is 8.00. The van der Waals surface area contributed by atoms with E-state index in [4.69, 9.17) is 4.74 Å². The quantitative estimate of drug-likeness (QED) is 0.584. The number of methoxy groups -OCH3 is 1. The third-order valence-corrected chi connectivity index (χ3v) is 3.88. The lowest BCUT2D eigenvalue weighted by molar-refractivity contribution is -0.384. The summed E-state index contributed by atoms with van der Waals surface area (Å²) in [5.41, 5.74) is 1.73. The zero-order chi connectivity index (χ0) is 19.1. The van der Waals surface area contributed by atoms with Crippen molar-refractivity contribution in [1.82, 2.24) is 4.90 Å². The number of aliphatic hydroxyl groups excluding tert-OH is 1. The summed E-state index contributed by atoms with van der Waals surface area (Å²) in [6.07, 6.45) is 0. The van der Waals surface area contributed by atoms with E-state index in [9.17, 15) is 20.0 Å². The molecule has 0 fully saturated rings. The number of amides is 2. The number of aliphatic hydroxyl groups is 1. The zero-order valence-corrected chi connectivity index (χ0v) is 14.6. The van der Waals surface area contributed by atoms with Crippen LogP contribution in [0, 0.1) is 17.0 Å². The van der Waals surface area contributed by atoms with E-state index in [0.29, 0.717) is 17.0 Å². The number of carbonyl (C=O) groups excluding carboxylic acids is 1. The molecule has 0 aliphatic rings. The van der Waals surface area contributed by atoms with E-state index >= 15 is 0 Å². The van der Waals surface area contributed by atoms with Crippen LogP contribution >= 0.6 is 0 Å². The Labute approximate surface area is 151 Å². The van der Waals surface area contributed by atoms with Crippen LogP contribution in [0.5, 0.6) is 5.75 Å². The molecule has 2 amide bonds. The highest BCUT2D eigenvalue weighted by Gasteiger charge is 2.18. The van der Waals surface area contributed by atoms with Crippen molar-refractivity contribution in [2.75, 3.05) is 25.6 Å². The Balaban J connectivity index is 2.21. The van der Waals surface area contributed by atoms with Gasteiger partial charge in [-0.3, -0.25) is 10.1 Å². The van der Waals surface area contributed by atoms with Crippen molar-refractivity contribution in [3.05, 3.63) is 63.7 Å². The molecule has 0 bridgehead atoms. The van der Waals surface area contributed by atoms with Gasteiger partial charge in [0.05, 0.1) is 30.9 Å². The van der Waals surface area contributed by atoms with Gasteiger partial charge in [0.15, 0.2) is 0 Å². The number of ether oxygens (including phenoxy) is 1. The second-order valence-corrected chi connectivity index (χ2v) is 5.64. The van der Waals surface area contributed by atoms with Crippen LogP contribution in [0.1, 0.15) is 11.1 Å². The van der Waals surface area contributed by atoms with Gasteiger partial charge in [-0.1, -0.05) is 24.3 Å². The van der Waals surface area contributed by atoms with Gasteiger partial charge in [0.25, 0.3) is 5.69 Å². The Morgan fingerprint density at radius 3 is 2.69 bits per heavy atom. The average Bonchev–Trinajstić information content (AvgIpc) is 2.63. The lowest BCUT2D eigenvalue weighted by Crippen LogP contribution is -2.36. The fraction of sp³-hybridized carbons (Fsp3) is 0.278. The highest BCUT2D eigenvalue weighted by Crippen LogP contribution is 2.23. The van der Waals surface area contributed by atoms with Gasteiger partial charge in [0.2, 0.25) is 0 Å². The summed E-state index contributed by atoms with van der Waals surface area (Å²) in [6.45, 7) is 1.87. The van der Waals surface area contributed by atoms with Crippen molar-refractivity contribution in [2.45, 2.75) is 13.5 Å². The number of aryl methyl sites for hydroxylation is 1. The fourth-order valence-electron chi connectivity index (χ4n) is 2.46. The molecule has 0 spiro atoms. The number of hydrogen-bond acceptors (Lipinski definition) is 5. The standard InChI is InChI=1S/C18H21N3O5/c1-13-7-8-15(21(24)25)11-16(13)19-18(23)20(9-10-22)12-14-5-3-4-6-17(14)26-2/h3-8,11,22H,9-10,12H2,1-2H3,(H,19,23). The summed E-state index contributed by atoms with van der Waals surface area (Å²) in [5.74, 6) is 0.634. The lowest BCUT2D eigenvalue weighted by atomic mass is 10.1. The van der Waals surface area contributed by atoms with Crippen molar-refractivity contribution in [3.63, 3.8) is 0 Å². The van der Waals surface area contributed by atoms with Crippen molar-refractivity contribution in [2.24, 2.45) is 0 Å². The number of urea groups is 1. The van der Waals surface area contributed by atoms with E-state index in [-0.39, 0.29) is 25.4 Å². The van der Waals surface area contributed by atoms with Crippen LogP contribution in [0.3, 0.4) is 0 Å². The van der Waals surface area contributed by atoms with Crippen molar-refractivity contribution in [3.8, 4) is 5.75 Å². The number of nitro groups is 1. The van der Waals surface area contributed by atoms with Crippen LogP contribution in [0.25, 0.3) is 0 Å². The summed E-state index contributed by atoms with van der Waals surface area (Å²) in [5, 5.41) is 22.9. The van der Waals surface area contributed by atoms with E-state index in [1.807, 2.05) is 18.2 Å². The molecule has 0 radical (unpaired) electrons. The summed E-state index contributed by atoms with van der Waals surface area (Å²) in [7, 11) is 1.54. The van der Waals surface area contributed by atoms with Gasteiger partial charge in [-0.25, -0.2) is 4.79 Å². The van der Waals surface area contributed by atoms with Gasteiger partial charge in [-0.05, 0) is 18.6 Å². The van der Waals surface area contributed by atoms with E-state index in [1.165, 1.54) is 17.0 Å². The third-order valence-electron chi connectivity index (χ3n) is 3.88. The zero-order valence-electron chi connectivity index (χ0n) is 14.6. The van der Waals surface area contributed by atoms with Gasteiger partial charge >= 0.3 is 6.03 Å². The number of para-hydroxylation sites is 1. The number of hydrogen-bond donors (Lipinski definition) is 2. The molecule has 0 aliphatic heterocycles. The lowest BCUT2D eigenvalue weighted by Gasteiger charge is -2.23. The molecule has 0 atom stereocenters. The van der Waals surface area contributed by atoms with E-state index < -0.39 is 11.0 Å². The molecule has 0 aromatic heterocycles. The fourth-order valence-corrected chi connectivity index (χ4v) is 2.46. The summed E-state index contributed by atoms with van der Waals surface area (Å²) < 4.78 is 5.29.